The van der Waals surface area contributed by atoms with E-state index in [2.05, 4.69) is 16.0 Å². The third kappa shape index (κ3) is 8.79. The van der Waals surface area contributed by atoms with Gasteiger partial charge >= 0.3 is 5.97 Å². The molecule has 1 atom stereocenters. The minimum absolute atomic E-state index is 0.0740. The Hall–Kier alpha value is -4.92. The maximum absolute atomic E-state index is 13.1. The van der Waals surface area contributed by atoms with Crippen molar-refractivity contribution in [2.75, 3.05) is 13.1 Å². The summed E-state index contributed by atoms with van der Waals surface area (Å²) in [5.74, 6) is -1.82. The average Bonchev–Trinajstić information content (AvgIpc) is 3.43. The van der Waals surface area contributed by atoms with Crippen molar-refractivity contribution in [3.8, 4) is 0 Å². The molecule has 0 saturated heterocycles. The van der Waals surface area contributed by atoms with E-state index in [1.165, 1.54) is 12.1 Å². The molecule has 0 aliphatic rings. The van der Waals surface area contributed by atoms with Crippen LogP contribution < -0.4 is 16.0 Å². The van der Waals surface area contributed by atoms with Crippen molar-refractivity contribution < 1.29 is 28.7 Å². The summed E-state index contributed by atoms with van der Waals surface area (Å²) in [7, 11) is 0. The normalized spacial score (nSPS) is 11.5. The van der Waals surface area contributed by atoms with Crippen LogP contribution in [0.4, 0.5) is 0 Å². The zero-order valence-electron chi connectivity index (χ0n) is 22.6. The van der Waals surface area contributed by atoms with Crippen molar-refractivity contribution >= 4 is 34.7 Å². The number of amides is 3. The first-order chi connectivity index (χ1) is 19.9. The molecule has 0 spiro atoms. The summed E-state index contributed by atoms with van der Waals surface area (Å²) in [6.07, 6.45) is 2.29. The first-order valence-electron chi connectivity index (χ1n) is 13.6. The Labute approximate surface area is 237 Å². The molecule has 3 aromatic carbocycles. The molecule has 212 valence electrons. The highest BCUT2D eigenvalue weighted by Crippen LogP contribution is 2.19. The highest BCUT2D eigenvalue weighted by Gasteiger charge is 2.23. The molecule has 0 unspecified atom stereocenters. The van der Waals surface area contributed by atoms with Crippen molar-refractivity contribution in [3.05, 3.63) is 107 Å². The van der Waals surface area contributed by atoms with E-state index in [4.69, 9.17) is 9.52 Å². The molecule has 4 aromatic rings. The van der Waals surface area contributed by atoms with Crippen LogP contribution in [0.15, 0.2) is 89.3 Å². The van der Waals surface area contributed by atoms with Crippen LogP contribution in [-0.2, 0) is 22.4 Å². The number of carbonyl (C=O) groups is 4. The van der Waals surface area contributed by atoms with Crippen LogP contribution in [0.2, 0.25) is 0 Å². The van der Waals surface area contributed by atoms with Gasteiger partial charge in [-0.15, -0.1) is 0 Å². The monoisotopic (exact) mass is 555 g/mol. The highest BCUT2D eigenvalue weighted by molar-refractivity contribution is 5.98. The number of furan rings is 1. The Morgan fingerprint density at radius 2 is 1.49 bits per heavy atom. The molecule has 9 heteroatoms. The number of nitrogens with one attached hydrogen (secondary N) is 3. The Kier molecular flexibility index (Phi) is 10.3. The third-order valence-electron chi connectivity index (χ3n) is 6.66. The molecule has 1 aromatic heterocycles. The maximum Gasteiger partial charge on any atom is 0.335 e. The van der Waals surface area contributed by atoms with E-state index in [1.807, 2.05) is 48.5 Å². The number of rotatable bonds is 14. The standard InChI is InChI=1S/C32H33N3O6/c36-29(17-14-22-7-2-1-3-8-22)33-19-6-10-26(35-31(38)28-21-25-9-4-5-11-27(25)41-28)30(37)34-20-18-23-12-15-24(16-13-23)32(39)40/h1-5,7-9,11-13,15-16,21,26H,6,10,14,17-20H2,(H,33,36)(H,34,37)(H,35,38)(H,39,40)/t26-/m0/s1. The topological polar surface area (TPSA) is 138 Å². The number of aromatic carboxylic acids is 1. The Bertz CT molecular complexity index is 1450. The minimum Gasteiger partial charge on any atom is -0.478 e. The first-order valence-corrected chi connectivity index (χ1v) is 13.6. The zero-order valence-corrected chi connectivity index (χ0v) is 22.6. The molecule has 41 heavy (non-hydrogen) atoms. The molecule has 4 N–H and O–H groups in total. The average molecular weight is 556 g/mol. The summed E-state index contributed by atoms with van der Waals surface area (Å²) >= 11 is 0. The first kappa shape index (κ1) is 29.1. The smallest absolute Gasteiger partial charge is 0.335 e. The lowest BCUT2D eigenvalue weighted by atomic mass is 10.1. The number of aryl methyl sites for hydroxylation is 1. The summed E-state index contributed by atoms with van der Waals surface area (Å²) in [6.45, 7) is 0.673. The minimum atomic E-state index is -1.000. The Morgan fingerprint density at radius 1 is 0.780 bits per heavy atom. The number of hydrogen-bond donors (Lipinski definition) is 4. The number of hydrogen-bond acceptors (Lipinski definition) is 5. The van der Waals surface area contributed by atoms with Gasteiger partial charge in [0.2, 0.25) is 11.8 Å². The molecule has 0 saturated carbocycles. The lowest BCUT2D eigenvalue weighted by Gasteiger charge is -2.18. The largest absolute Gasteiger partial charge is 0.478 e. The highest BCUT2D eigenvalue weighted by atomic mass is 16.4. The number of carbonyl (C=O) groups excluding carboxylic acids is 3. The second-order valence-electron chi connectivity index (χ2n) is 9.70. The van der Waals surface area contributed by atoms with Crippen LogP contribution >= 0.6 is 0 Å². The van der Waals surface area contributed by atoms with Gasteiger partial charge in [0.15, 0.2) is 5.76 Å². The van der Waals surface area contributed by atoms with Gasteiger partial charge in [-0.1, -0.05) is 60.7 Å². The predicted octanol–water partition coefficient (Wildman–Crippen LogP) is 4.12. The van der Waals surface area contributed by atoms with Crippen LogP contribution in [0.3, 0.4) is 0 Å². The summed E-state index contributed by atoms with van der Waals surface area (Å²) in [5, 5.41) is 18.3. The fraction of sp³-hybridized carbons (Fsp3) is 0.250. The number of carboxylic acids is 1. The second kappa shape index (κ2) is 14.5. The molecule has 0 bridgehead atoms. The molecule has 9 nitrogen and oxygen atoms in total. The molecular weight excluding hydrogens is 522 g/mol. The molecule has 0 fully saturated rings. The van der Waals surface area contributed by atoms with Crippen LogP contribution in [0.5, 0.6) is 0 Å². The SMILES string of the molecule is O=C(CCc1ccccc1)NCCC[C@H](NC(=O)c1cc2ccccc2o1)C(=O)NCCc1ccc(C(=O)O)cc1. The van der Waals surface area contributed by atoms with Gasteiger partial charge < -0.3 is 25.5 Å². The van der Waals surface area contributed by atoms with Gasteiger partial charge in [-0.05, 0) is 61.1 Å². The van der Waals surface area contributed by atoms with E-state index in [1.54, 1.807) is 24.3 Å². The number of fused-ring (bicyclic) bond motifs is 1. The Balaban J connectivity index is 1.30. The predicted molar refractivity (Wildman–Crippen MR) is 155 cm³/mol. The fourth-order valence-electron chi connectivity index (χ4n) is 4.38. The van der Waals surface area contributed by atoms with Crippen molar-refractivity contribution in [3.63, 3.8) is 0 Å². The molecule has 1 heterocycles. The van der Waals surface area contributed by atoms with Gasteiger partial charge in [0.1, 0.15) is 11.6 Å². The number of carboxylic acid groups (broad SMARTS) is 1. The van der Waals surface area contributed by atoms with E-state index in [0.717, 1.165) is 16.5 Å². The van der Waals surface area contributed by atoms with Crippen LogP contribution in [0.1, 0.15) is 51.3 Å². The van der Waals surface area contributed by atoms with Gasteiger partial charge in [-0.2, -0.15) is 0 Å². The van der Waals surface area contributed by atoms with E-state index < -0.39 is 17.9 Å². The van der Waals surface area contributed by atoms with Gasteiger partial charge in [0, 0.05) is 24.9 Å². The van der Waals surface area contributed by atoms with Crippen molar-refractivity contribution in [2.45, 2.75) is 38.1 Å². The zero-order chi connectivity index (χ0) is 29.0. The van der Waals surface area contributed by atoms with Crippen LogP contribution in [0.25, 0.3) is 11.0 Å². The van der Waals surface area contributed by atoms with E-state index in [9.17, 15) is 19.2 Å². The molecule has 0 aliphatic heterocycles. The van der Waals surface area contributed by atoms with Crippen molar-refractivity contribution in [1.29, 1.82) is 0 Å². The van der Waals surface area contributed by atoms with Gasteiger partial charge in [-0.25, -0.2) is 4.79 Å². The van der Waals surface area contributed by atoms with Crippen molar-refractivity contribution in [2.24, 2.45) is 0 Å². The van der Waals surface area contributed by atoms with Crippen LogP contribution in [0, 0.1) is 0 Å². The third-order valence-corrected chi connectivity index (χ3v) is 6.66. The lowest BCUT2D eigenvalue weighted by molar-refractivity contribution is -0.123. The van der Waals surface area contributed by atoms with Gasteiger partial charge in [0.05, 0.1) is 5.56 Å². The summed E-state index contributed by atoms with van der Waals surface area (Å²) in [4.78, 5) is 49.4. The quantitative estimate of drug-likeness (QED) is 0.173. The van der Waals surface area contributed by atoms with Gasteiger partial charge in [0.25, 0.3) is 5.91 Å². The molecular formula is C32H33N3O6. The Morgan fingerprint density at radius 3 is 2.22 bits per heavy atom. The van der Waals surface area contributed by atoms with E-state index in [0.29, 0.717) is 50.8 Å². The van der Waals surface area contributed by atoms with Gasteiger partial charge in [-0.3, -0.25) is 14.4 Å². The van der Waals surface area contributed by atoms with E-state index >= 15 is 0 Å². The van der Waals surface area contributed by atoms with Crippen LogP contribution in [-0.4, -0.2) is 47.9 Å². The molecule has 4 rings (SSSR count). The fourth-order valence-corrected chi connectivity index (χ4v) is 4.38. The summed E-state index contributed by atoms with van der Waals surface area (Å²) in [5.41, 5.74) is 2.73. The second-order valence-corrected chi connectivity index (χ2v) is 9.70. The van der Waals surface area contributed by atoms with E-state index in [-0.39, 0.29) is 23.1 Å². The maximum atomic E-state index is 13.1. The summed E-state index contributed by atoms with van der Waals surface area (Å²) < 4.78 is 5.65. The van der Waals surface area contributed by atoms with Crippen molar-refractivity contribution in [1.82, 2.24) is 16.0 Å². The molecule has 0 aliphatic carbocycles. The molecule has 0 radical (unpaired) electrons. The number of benzene rings is 3. The number of para-hydroxylation sites is 1. The lowest BCUT2D eigenvalue weighted by Crippen LogP contribution is -2.47. The molecule has 3 amide bonds. The summed E-state index contributed by atoms with van der Waals surface area (Å²) in [6, 6.07) is 24.3.